The number of nitrogens with one attached hydrogen (secondary N) is 2. The van der Waals surface area contributed by atoms with Crippen molar-refractivity contribution >= 4 is 6.08 Å². The Kier molecular flexibility index (Phi) is 6.94. The number of oxazole rings is 1. The highest BCUT2D eigenvalue weighted by Gasteiger charge is 2.54. The SMILES string of the molecule is CN1CCC([N+]2(CC=Cc3ccccc3)CCNC(c3cnco3)(N3CCNCC3)C2)CC1. The number of piperazine rings is 2. The highest BCUT2D eigenvalue weighted by molar-refractivity contribution is 5.48. The summed E-state index contributed by atoms with van der Waals surface area (Å²) in [7, 11) is 2.26. The number of quaternary nitrogens is 1. The molecule has 4 heterocycles. The van der Waals surface area contributed by atoms with Crippen LogP contribution in [-0.4, -0.2) is 97.8 Å². The molecule has 0 aliphatic carbocycles. The number of piperidine rings is 1. The number of hydrogen-bond acceptors (Lipinski definition) is 6. The minimum atomic E-state index is -0.305. The first-order valence-corrected chi connectivity index (χ1v) is 12.6. The molecule has 2 aromatic rings. The summed E-state index contributed by atoms with van der Waals surface area (Å²) < 4.78 is 7.14. The quantitative estimate of drug-likeness (QED) is 0.655. The molecule has 1 aromatic heterocycles. The Morgan fingerprint density at radius 3 is 2.64 bits per heavy atom. The van der Waals surface area contributed by atoms with Crippen molar-refractivity contribution in [3.63, 3.8) is 0 Å². The Hall–Kier alpha value is -2.03. The molecule has 0 spiro atoms. The molecule has 3 aliphatic rings. The van der Waals surface area contributed by atoms with Crippen LogP contribution in [0.5, 0.6) is 0 Å². The molecule has 178 valence electrons. The van der Waals surface area contributed by atoms with Crippen molar-refractivity contribution in [2.45, 2.75) is 24.5 Å². The Bertz CT molecular complexity index is 889. The third-order valence-corrected chi connectivity index (χ3v) is 8.06. The van der Waals surface area contributed by atoms with Crippen LogP contribution < -0.4 is 10.6 Å². The third-order valence-electron chi connectivity index (χ3n) is 8.06. The number of benzene rings is 1. The van der Waals surface area contributed by atoms with Gasteiger partial charge in [-0.2, -0.15) is 0 Å². The van der Waals surface area contributed by atoms with Crippen LogP contribution in [0.25, 0.3) is 6.08 Å². The molecule has 3 aliphatic heterocycles. The van der Waals surface area contributed by atoms with Gasteiger partial charge in [-0.1, -0.05) is 36.4 Å². The number of hydrogen-bond donors (Lipinski definition) is 2. The Labute approximate surface area is 198 Å². The molecule has 0 radical (unpaired) electrons. The summed E-state index contributed by atoms with van der Waals surface area (Å²) in [6, 6.07) is 11.4. The highest BCUT2D eigenvalue weighted by atomic mass is 16.3. The zero-order valence-corrected chi connectivity index (χ0v) is 20.0. The van der Waals surface area contributed by atoms with E-state index in [9.17, 15) is 0 Å². The summed E-state index contributed by atoms with van der Waals surface area (Å²) in [6.45, 7) is 10.6. The summed E-state index contributed by atoms with van der Waals surface area (Å²) >= 11 is 0. The highest BCUT2D eigenvalue weighted by Crippen LogP contribution is 2.36. The molecule has 3 saturated heterocycles. The van der Waals surface area contributed by atoms with Crippen LogP contribution in [0.1, 0.15) is 24.2 Å². The largest absolute Gasteiger partial charge is 0.445 e. The number of rotatable bonds is 6. The van der Waals surface area contributed by atoms with Crippen molar-refractivity contribution in [1.82, 2.24) is 25.4 Å². The van der Waals surface area contributed by atoms with Gasteiger partial charge < -0.3 is 19.1 Å². The Morgan fingerprint density at radius 2 is 1.91 bits per heavy atom. The van der Waals surface area contributed by atoms with E-state index >= 15 is 0 Å². The monoisotopic (exact) mass is 451 g/mol. The van der Waals surface area contributed by atoms with E-state index in [1.54, 1.807) is 6.39 Å². The van der Waals surface area contributed by atoms with Gasteiger partial charge in [0.05, 0.1) is 25.3 Å². The van der Waals surface area contributed by atoms with E-state index in [0.29, 0.717) is 6.04 Å². The predicted molar refractivity (Wildman–Crippen MR) is 131 cm³/mol. The molecule has 7 heteroatoms. The van der Waals surface area contributed by atoms with Crippen LogP contribution in [-0.2, 0) is 5.66 Å². The fourth-order valence-corrected chi connectivity index (χ4v) is 6.20. The molecule has 2 N–H and O–H groups in total. The molecule has 5 rings (SSSR count). The number of aromatic nitrogens is 1. The first kappa shape index (κ1) is 22.7. The minimum absolute atomic E-state index is 0.305. The Morgan fingerprint density at radius 1 is 1.12 bits per heavy atom. The lowest BCUT2D eigenvalue weighted by Crippen LogP contribution is -2.76. The van der Waals surface area contributed by atoms with E-state index in [1.165, 1.54) is 31.5 Å². The fraction of sp³-hybridized carbons (Fsp3) is 0.577. The van der Waals surface area contributed by atoms with Crippen molar-refractivity contribution in [1.29, 1.82) is 0 Å². The molecule has 1 aromatic carbocycles. The smallest absolute Gasteiger partial charge is 0.183 e. The van der Waals surface area contributed by atoms with Gasteiger partial charge in [-0.15, -0.1) is 0 Å². The van der Waals surface area contributed by atoms with Crippen LogP contribution in [0.15, 0.2) is 53.4 Å². The first-order chi connectivity index (χ1) is 16.2. The normalized spacial score (nSPS) is 30.7. The van der Waals surface area contributed by atoms with Gasteiger partial charge in [0, 0.05) is 58.7 Å². The maximum absolute atomic E-state index is 6.03. The van der Waals surface area contributed by atoms with Crippen molar-refractivity contribution in [3.8, 4) is 0 Å². The van der Waals surface area contributed by atoms with E-state index in [0.717, 1.165) is 62.6 Å². The zero-order chi connectivity index (χ0) is 22.6. The summed E-state index contributed by atoms with van der Waals surface area (Å²) in [6.07, 6.45) is 10.8. The molecule has 33 heavy (non-hydrogen) atoms. The van der Waals surface area contributed by atoms with Crippen LogP contribution >= 0.6 is 0 Å². The summed E-state index contributed by atoms with van der Waals surface area (Å²) in [5.74, 6) is 0.964. The lowest BCUT2D eigenvalue weighted by Gasteiger charge is -2.57. The lowest BCUT2D eigenvalue weighted by molar-refractivity contribution is -0.956. The molecule has 7 nitrogen and oxygen atoms in total. The van der Waals surface area contributed by atoms with Gasteiger partial charge in [0.1, 0.15) is 6.54 Å². The maximum Gasteiger partial charge on any atom is 0.183 e. The van der Waals surface area contributed by atoms with E-state index in [4.69, 9.17) is 4.42 Å². The van der Waals surface area contributed by atoms with Crippen molar-refractivity contribution in [2.24, 2.45) is 0 Å². The van der Waals surface area contributed by atoms with Gasteiger partial charge in [0.15, 0.2) is 17.8 Å². The molecule has 3 fully saturated rings. The van der Waals surface area contributed by atoms with Crippen molar-refractivity contribution < 1.29 is 8.90 Å². The van der Waals surface area contributed by atoms with Gasteiger partial charge in [0.2, 0.25) is 0 Å². The predicted octanol–water partition coefficient (Wildman–Crippen LogP) is 1.96. The van der Waals surface area contributed by atoms with Gasteiger partial charge in [0.25, 0.3) is 0 Å². The van der Waals surface area contributed by atoms with E-state index in [-0.39, 0.29) is 5.66 Å². The van der Waals surface area contributed by atoms with Gasteiger partial charge in [-0.05, 0) is 18.7 Å². The molecule has 0 bridgehead atoms. The van der Waals surface area contributed by atoms with Gasteiger partial charge >= 0.3 is 0 Å². The van der Waals surface area contributed by atoms with Crippen molar-refractivity contribution in [2.75, 3.05) is 72.5 Å². The van der Waals surface area contributed by atoms with Crippen molar-refractivity contribution in [3.05, 3.63) is 60.3 Å². The summed E-state index contributed by atoms with van der Waals surface area (Å²) in [4.78, 5) is 9.42. The molecule has 0 amide bonds. The lowest BCUT2D eigenvalue weighted by atomic mass is 9.92. The fourth-order valence-electron chi connectivity index (χ4n) is 6.20. The number of nitrogens with zero attached hydrogens (tertiary/aromatic N) is 4. The zero-order valence-electron chi connectivity index (χ0n) is 20.0. The third kappa shape index (κ3) is 4.79. The maximum atomic E-state index is 6.03. The van der Waals surface area contributed by atoms with Crippen LogP contribution in [0.2, 0.25) is 0 Å². The first-order valence-electron chi connectivity index (χ1n) is 12.6. The Balaban J connectivity index is 1.48. The van der Waals surface area contributed by atoms with Crippen LogP contribution in [0, 0.1) is 0 Å². The topological polar surface area (TPSA) is 56.6 Å². The van der Waals surface area contributed by atoms with Gasteiger partial charge in [-0.25, -0.2) is 4.98 Å². The average molecular weight is 452 g/mol. The standard InChI is InChI=1S/C26H39N6O/c1-30-14-9-24(10-15-30)32(18-5-8-23-6-3-2-4-7-23)19-13-29-26(21-32,25-20-28-22-33-25)31-16-11-27-12-17-31/h2-8,20,22,24,27,29H,9-19,21H2,1H3/q+1. The second kappa shape index (κ2) is 10.1. The van der Waals surface area contributed by atoms with E-state index in [1.807, 2.05) is 6.20 Å². The second-order valence-electron chi connectivity index (χ2n) is 10.0. The molecule has 2 unspecified atom stereocenters. The summed E-state index contributed by atoms with van der Waals surface area (Å²) in [5, 5.41) is 7.45. The van der Waals surface area contributed by atoms with Gasteiger partial charge in [-0.3, -0.25) is 10.2 Å². The number of likely N-dealkylation sites (tertiary alicyclic amines) is 1. The van der Waals surface area contributed by atoms with Crippen LogP contribution in [0.3, 0.4) is 0 Å². The molecular weight excluding hydrogens is 412 g/mol. The van der Waals surface area contributed by atoms with E-state index in [2.05, 4.69) is 74.9 Å². The summed E-state index contributed by atoms with van der Waals surface area (Å²) in [5.41, 5.74) is 0.971. The minimum Gasteiger partial charge on any atom is -0.445 e. The second-order valence-corrected chi connectivity index (χ2v) is 10.0. The molecule has 2 atom stereocenters. The van der Waals surface area contributed by atoms with E-state index < -0.39 is 0 Å². The van der Waals surface area contributed by atoms with Crippen LogP contribution in [0.4, 0.5) is 0 Å². The average Bonchev–Trinajstić information content (AvgIpc) is 3.42. The molecular formula is C26H39N6O+. The molecule has 0 saturated carbocycles.